The van der Waals surface area contributed by atoms with Crippen molar-refractivity contribution < 1.29 is 9.36 Å². The Kier molecular flexibility index (Phi) is 5.11. The predicted octanol–water partition coefficient (Wildman–Crippen LogP) is 4.32. The summed E-state index contributed by atoms with van der Waals surface area (Å²) in [5.74, 6) is -0.246. The summed E-state index contributed by atoms with van der Waals surface area (Å²) < 4.78 is 1.70. The standard InChI is InChI=1S/C23H15N4OS/c24-15-17(16-25)14-20(26-12-6-1-7-13-26)23(28)27-18-8-2-4-10-21(18)29-22-11-5-3-9-19(22)27/h1-14,20H/q+1. The van der Waals surface area contributed by atoms with Crippen molar-refractivity contribution in [1.82, 2.24) is 0 Å². The number of anilines is 2. The van der Waals surface area contributed by atoms with E-state index >= 15 is 0 Å². The zero-order valence-corrected chi connectivity index (χ0v) is 16.1. The summed E-state index contributed by atoms with van der Waals surface area (Å²) in [7, 11) is 0. The number of para-hydroxylation sites is 2. The highest BCUT2D eigenvalue weighted by atomic mass is 32.2. The molecule has 0 radical (unpaired) electrons. The van der Waals surface area contributed by atoms with E-state index in [4.69, 9.17) is 0 Å². The van der Waals surface area contributed by atoms with Crippen LogP contribution in [0.4, 0.5) is 11.4 Å². The van der Waals surface area contributed by atoms with Crippen LogP contribution in [0.3, 0.4) is 0 Å². The van der Waals surface area contributed by atoms with Gasteiger partial charge in [-0.05, 0) is 24.3 Å². The van der Waals surface area contributed by atoms with E-state index in [1.54, 1.807) is 45.8 Å². The minimum atomic E-state index is -0.838. The van der Waals surface area contributed by atoms with Gasteiger partial charge in [0.15, 0.2) is 12.4 Å². The number of nitrogens with zero attached hydrogens (tertiary/aromatic N) is 4. The van der Waals surface area contributed by atoms with Gasteiger partial charge < -0.3 is 0 Å². The van der Waals surface area contributed by atoms with Gasteiger partial charge in [0.1, 0.15) is 17.7 Å². The number of pyridine rings is 1. The molecule has 1 unspecified atom stereocenters. The van der Waals surface area contributed by atoms with Crippen LogP contribution in [0.5, 0.6) is 0 Å². The van der Waals surface area contributed by atoms with Gasteiger partial charge in [0.05, 0.1) is 11.4 Å². The number of allylic oxidation sites excluding steroid dienone is 1. The molecule has 1 aliphatic heterocycles. The molecule has 2 aromatic carbocycles. The number of benzene rings is 2. The molecule has 1 aromatic heterocycles. The Labute approximate surface area is 172 Å². The summed E-state index contributed by atoms with van der Waals surface area (Å²) in [6.45, 7) is 0. The van der Waals surface area contributed by atoms with Crippen LogP contribution in [0, 0.1) is 22.7 Å². The van der Waals surface area contributed by atoms with Crippen LogP contribution >= 0.6 is 11.8 Å². The molecule has 2 heterocycles. The molecule has 0 saturated carbocycles. The quantitative estimate of drug-likeness (QED) is 0.489. The average Bonchev–Trinajstić information content (AvgIpc) is 2.78. The van der Waals surface area contributed by atoms with Crippen molar-refractivity contribution >= 4 is 29.0 Å². The van der Waals surface area contributed by atoms with Crippen LogP contribution in [0.1, 0.15) is 6.04 Å². The van der Waals surface area contributed by atoms with Gasteiger partial charge in [0.2, 0.25) is 0 Å². The minimum absolute atomic E-state index is 0.104. The molecule has 1 atom stereocenters. The first kappa shape index (κ1) is 18.5. The Morgan fingerprint density at radius 1 is 0.897 bits per heavy atom. The SMILES string of the molecule is N#CC(C#N)=CC(C(=O)N1c2ccccc2Sc2ccccc21)[n+]1ccccc1. The fraction of sp³-hybridized carbons (Fsp3) is 0.0435. The summed E-state index contributed by atoms with van der Waals surface area (Å²) >= 11 is 1.61. The summed E-state index contributed by atoms with van der Waals surface area (Å²) in [5, 5.41) is 18.5. The second kappa shape index (κ2) is 8.02. The molecule has 29 heavy (non-hydrogen) atoms. The number of rotatable bonds is 3. The lowest BCUT2D eigenvalue weighted by atomic mass is 10.1. The number of carbonyl (C=O) groups excluding carboxylic acids is 1. The van der Waals surface area contributed by atoms with Crippen LogP contribution in [0.25, 0.3) is 0 Å². The van der Waals surface area contributed by atoms with Crippen LogP contribution in [-0.2, 0) is 4.79 Å². The summed E-state index contributed by atoms with van der Waals surface area (Å²) in [6, 6.07) is 23.8. The lowest BCUT2D eigenvalue weighted by Crippen LogP contribution is -2.48. The average molecular weight is 395 g/mol. The first-order valence-corrected chi connectivity index (χ1v) is 9.72. The molecule has 5 nitrogen and oxygen atoms in total. The molecule has 0 fully saturated rings. The third kappa shape index (κ3) is 3.50. The highest BCUT2D eigenvalue weighted by Crippen LogP contribution is 2.48. The first-order valence-electron chi connectivity index (χ1n) is 8.90. The maximum absolute atomic E-state index is 13.8. The molecular formula is C23H15N4OS+. The van der Waals surface area contributed by atoms with E-state index < -0.39 is 6.04 Å². The van der Waals surface area contributed by atoms with Crippen LogP contribution in [0.2, 0.25) is 0 Å². The minimum Gasteiger partial charge on any atom is -0.273 e. The Morgan fingerprint density at radius 3 is 2.00 bits per heavy atom. The second-order valence-corrected chi connectivity index (χ2v) is 7.37. The summed E-state index contributed by atoms with van der Waals surface area (Å²) in [4.78, 5) is 17.4. The van der Waals surface area contributed by atoms with Crippen LogP contribution < -0.4 is 9.47 Å². The third-order valence-electron chi connectivity index (χ3n) is 4.53. The molecule has 0 spiro atoms. The van der Waals surface area contributed by atoms with E-state index in [0.717, 1.165) is 21.2 Å². The number of carbonyl (C=O) groups is 1. The molecule has 0 saturated heterocycles. The Balaban J connectivity index is 1.89. The fourth-order valence-corrected chi connectivity index (χ4v) is 4.27. The topological polar surface area (TPSA) is 71.8 Å². The number of fused-ring (bicyclic) bond motifs is 2. The fourth-order valence-electron chi connectivity index (χ4n) is 3.21. The van der Waals surface area contributed by atoms with Crippen LogP contribution in [-0.4, -0.2) is 5.91 Å². The molecule has 0 N–H and O–H groups in total. The van der Waals surface area contributed by atoms with Gasteiger partial charge >= 0.3 is 5.91 Å². The number of hydrogen-bond donors (Lipinski definition) is 0. The molecule has 1 amide bonds. The highest BCUT2D eigenvalue weighted by Gasteiger charge is 2.36. The third-order valence-corrected chi connectivity index (χ3v) is 5.66. The monoisotopic (exact) mass is 395 g/mol. The predicted molar refractivity (Wildman–Crippen MR) is 109 cm³/mol. The Bertz CT molecular complexity index is 1130. The lowest BCUT2D eigenvalue weighted by molar-refractivity contribution is -0.698. The highest BCUT2D eigenvalue weighted by molar-refractivity contribution is 7.99. The smallest absolute Gasteiger partial charge is 0.273 e. The van der Waals surface area contributed by atoms with Gasteiger partial charge in [-0.15, -0.1) is 0 Å². The molecule has 0 aliphatic carbocycles. The van der Waals surface area contributed by atoms with Crippen molar-refractivity contribution in [1.29, 1.82) is 10.5 Å². The molecule has 3 aromatic rings. The normalized spacial score (nSPS) is 12.6. The lowest BCUT2D eigenvalue weighted by Gasteiger charge is -2.31. The van der Waals surface area contributed by atoms with E-state index in [1.165, 1.54) is 6.08 Å². The number of nitriles is 2. The van der Waals surface area contributed by atoms with Crippen LogP contribution in [0.15, 0.2) is 101 Å². The maximum Gasteiger partial charge on any atom is 0.305 e. The van der Waals surface area contributed by atoms with Crippen molar-refractivity contribution in [2.45, 2.75) is 15.8 Å². The van der Waals surface area contributed by atoms with Crippen molar-refractivity contribution in [3.8, 4) is 12.1 Å². The van der Waals surface area contributed by atoms with Gasteiger partial charge in [0.25, 0.3) is 6.04 Å². The van der Waals surface area contributed by atoms with Gasteiger partial charge in [-0.2, -0.15) is 15.1 Å². The summed E-state index contributed by atoms with van der Waals surface area (Å²) in [6.07, 6.45) is 4.92. The van der Waals surface area contributed by atoms with E-state index in [0.29, 0.717) is 0 Å². The molecule has 0 bridgehead atoms. The van der Waals surface area contributed by atoms with E-state index in [2.05, 4.69) is 0 Å². The van der Waals surface area contributed by atoms with Gasteiger partial charge in [-0.25, -0.2) is 0 Å². The van der Waals surface area contributed by atoms with Crippen molar-refractivity contribution in [3.63, 3.8) is 0 Å². The van der Waals surface area contributed by atoms with Gasteiger partial charge in [0, 0.05) is 28.0 Å². The molecule has 1 aliphatic rings. The largest absolute Gasteiger partial charge is 0.305 e. The summed E-state index contributed by atoms with van der Waals surface area (Å²) in [5.41, 5.74) is 1.46. The molecule has 138 valence electrons. The molecule has 6 heteroatoms. The van der Waals surface area contributed by atoms with Gasteiger partial charge in [-0.3, -0.25) is 9.69 Å². The Hall–Kier alpha value is -3.87. The Morgan fingerprint density at radius 2 is 1.45 bits per heavy atom. The van der Waals surface area contributed by atoms with Crippen molar-refractivity contribution in [3.05, 3.63) is 90.8 Å². The van der Waals surface area contributed by atoms with E-state index in [1.807, 2.05) is 66.7 Å². The second-order valence-electron chi connectivity index (χ2n) is 6.28. The molecular weight excluding hydrogens is 380 g/mol. The molecule has 4 rings (SSSR count). The zero-order valence-electron chi connectivity index (χ0n) is 15.3. The number of amides is 1. The number of aromatic nitrogens is 1. The zero-order chi connectivity index (χ0) is 20.2. The van der Waals surface area contributed by atoms with Gasteiger partial charge in [-0.1, -0.05) is 42.1 Å². The first-order chi connectivity index (χ1) is 14.2. The van der Waals surface area contributed by atoms with E-state index in [-0.39, 0.29) is 11.5 Å². The van der Waals surface area contributed by atoms with Crippen molar-refractivity contribution in [2.75, 3.05) is 4.90 Å². The van der Waals surface area contributed by atoms with E-state index in [9.17, 15) is 15.3 Å². The van der Waals surface area contributed by atoms with Crippen molar-refractivity contribution in [2.24, 2.45) is 0 Å². The number of hydrogen-bond acceptors (Lipinski definition) is 4. The maximum atomic E-state index is 13.8.